The highest BCUT2D eigenvalue weighted by Gasteiger charge is 2.15. The van der Waals surface area contributed by atoms with Crippen LogP contribution in [0.1, 0.15) is 23.1 Å². The summed E-state index contributed by atoms with van der Waals surface area (Å²) in [5.41, 5.74) is 7.41. The lowest BCUT2D eigenvalue weighted by Crippen LogP contribution is -2.03. The van der Waals surface area contributed by atoms with Gasteiger partial charge in [-0.05, 0) is 12.1 Å². The summed E-state index contributed by atoms with van der Waals surface area (Å²) in [5, 5.41) is 0. The number of anilines is 1. The van der Waals surface area contributed by atoms with Crippen LogP contribution in [0, 0.1) is 0 Å². The van der Waals surface area contributed by atoms with Crippen molar-refractivity contribution < 1.29 is 19.1 Å². The number of hydrogen-bond acceptors (Lipinski definition) is 6. The van der Waals surface area contributed by atoms with Gasteiger partial charge in [-0.2, -0.15) is 0 Å². The standard InChI is InChI=1S/C12H13N3O4/c1-6(16)19-5-10-14-9-4-7(13)3-8(11(9)15-10)12(17)18-2/h3-4H,5,13H2,1-2H3,(H,14,15). The third-order valence-electron chi connectivity index (χ3n) is 2.48. The minimum absolute atomic E-state index is 0.00449. The van der Waals surface area contributed by atoms with Gasteiger partial charge in [0.1, 0.15) is 17.9 Å². The molecule has 19 heavy (non-hydrogen) atoms. The van der Waals surface area contributed by atoms with Crippen molar-refractivity contribution in [3.63, 3.8) is 0 Å². The van der Waals surface area contributed by atoms with Gasteiger partial charge in [-0.25, -0.2) is 9.78 Å². The number of benzene rings is 1. The lowest BCUT2D eigenvalue weighted by Gasteiger charge is -2.01. The van der Waals surface area contributed by atoms with E-state index in [0.717, 1.165) is 0 Å². The Morgan fingerprint density at radius 2 is 2.16 bits per heavy atom. The van der Waals surface area contributed by atoms with Gasteiger partial charge in [-0.15, -0.1) is 0 Å². The van der Waals surface area contributed by atoms with E-state index in [4.69, 9.17) is 10.5 Å². The molecule has 0 amide bonds. The van der Waals surface area contributed by atoms with E-state index in [1.807, 2.05) is 0 Å². The van der Waals surface area contributed by atoms with E-state index in [1.165, 1.54) is 20.1 Å². The van der Waals surface area contributed by atoms with E-state index in [0.29, 0.717) is 22.5 Å². The number of methoxy groups -OCH3 is 1. The van der Waals surface area contributed by atoms with Crippen LogP contribution in [0.5, 0.6) is 0 Å². The number of imidazole rings is 1. The number of ether oxygens (including phenoxy) is 2. The van der Waals surface area contributed by atoms with E-state index in [-0.39, 0.29) is 12.2 Å². The number of carbonyl (C=O) groups is 2. The highest BCUT2D eigenvalue weighted by molar-refractivity contribution is 6.03. The third-order valence-corrected chi connectivity index (χ3v) is 2.48. The number of nitrogens with one attached hydrogen (secondary N) is 1. The molecule has 0 fully saturated rings. The van der Waals surface area contributed by atoms with Gasteiger partial charge in [0, 0.05) is 12.6 Å². The van der Waals surface area contributed by atoms with Gasteiger partial charge < -0.3 is 20.2 Å². The van der Waals surface area contributed by atoms with Gasteiger partial charge in [0.2, 0.25) is 0 Å². The van der Waals surface area contributed by atoms with E-state index in [1.54, 1.807) is 6.07 Å². The minimum Gasteiger partial charge on any atom is -0.465 e. The normalized spacial score (nSPS) is 10.4. The van der Waals surface area contributed by atoms with Gasteiger partial charge in [-0.3, -0.25) is 4.79 Å². The second-order valence-electron chi connectivity index (χ2n) is 3.92. The van der Waals surface area contributed by atoms with E-state index < -0.39 is 11.9 Å². The van der Waals surface area contributed by atoms with Crippen LogP contribution in [0.4, 0.5) is 5.69 Å². The molecule has 2 aromatic rings. The number of carbonyl (C=O) groups excluding carboxylic acids is 2. The van der Waals surface area contributed by atoms with E-state index in [9.17, 15) is 9.59 Å². The maximum atomic E-state index is 11.6. The molecule has 7 heteroatoms. The number of nitrogens with zero attached hydrogens (tertiary/aromatic N) is 1. The average Bonchev–Trinajstić information content (AvgIpc) is 2.77. The van der Waals surface area contributed by atoms with Gasteiger partial charge in [0.15, 0.2) is 0 Å². The lowest BCUT2D eigenvalue weighted by atomic mass is 10.1. The fourth-order valence-electron chi connectivity index (χ4n) is 1.69. The molecule has 0 radical (unpaired) electrons. The zero-order valence-corrected chi connectivity index (χ0v) is 10.5. The second-order valence-corrected chi connectivity index (χ2v) is 3.92. The zero-order chi connectivity index (χ0) is 14.0. The summed E-state index contributed by atoms with van der Waals surface area (Å²) in [6.07, 6.45) is 0. The largest absolute Gasteiger partial charge is 0.465 e. The Balaban J connectivity index is 2.46. The van der Waals surface area contributed by atoms with Crippen molar-refractivity contribution in [2.45, 2.75) is 13.5 Å². The first-order valence-corrected chi connectivity index (χ1v) is 5.51. The van der Waals surface area contributed by atoms with Crippen LogP contribution in [0.2, 0.25) is 0 Å². The Morgan fingerprint density at radius 1 is 1.42 bits per heavy atom. The first-order chi connectivity index (χ1) is 9.01. The Hall–Kier alpha value is -2.57. The van der Waals surface area contributed by atoms with Crippen LogP contribution in [0.15, 0.2) is 12.1 Å². The summed E-state index contributed by atoms with van der Waals surface area (Å²) in [6, 6.07) is 3.14. The number of rotatable bonds is 3. The Morgan fingerprint density at radius 3 is 2.79 bits per heavy atom. The van der Waals surface area contributed by atoms with Crippen molar-refractivity contribution in [1.29, 1.82) is 0 Å². The first kappa shape index (κ1) is 12.9. The third kappa shape index (κ3) is 2.65. The molecule has 2 rings (SSSR count). The Labute approximate surface area is 108 Å². The fourth-order valence-corrected chi connectivity index (χ4v) is 1.69. The van der Waals surface area contributed by atoms with Crippen LogP contribution >= 0.6 is 0 Å². The SMILES string of the molecule is COC(=O)c1cc(N)cc2[nH]c(COC(C)=O)nc12. The van der Waals surface area contributed by atoms with Crippen LogP contribution in [0.3, 0.4) is 0 Å². The summed E-state index contributed by atoms with van der Waals surface area (Å²) < 4.78 is 9.51. The molecular weight excluding hydrogens is 250 g/mol. The van der Waals surface area contributed by atoms with Crippen molar-refractivity contribution in [3.8, 4) is 0 Å². The van der Waals surface area contributed by atoms with Crippen molar-refractivity contribution in [2.75, 3.05) is 12.8 Å². The first-order valence-electron chi connectivity index (χ1n) is 5.51. The Kier molecular flexibility index (Phi) is 3.37. The summed E-state index contributed by atoms with van der Waals surface area (Å²) in [6.45, 7) is 1.31. The molecule has 0 saturated carbocycles. The molecule has 0 aliphatic rings. The molecule has 1 aromatic heterocycles. The number of hydrogen-bond donors (Lipinski definition) is 2. The number of nitrogens with two attached hydrogens (primary N) is 1. The maximum Gasteiger partial charge on any atom is 0.340 e. The molecular formula is C12H13N3O4. The fraction of sp³-hybridized carbons (Fsp3) is 0.250. The highest BCUT2D eigenvalue weighted by atomic mass is 16.5. The van der Waals surface area contributed by atoms with Crippen molar-refractivity contribution >= 4 is 28.7 Å². The smallest absolute Gasteiger partial charge is 0.340 e. The second kappa shape index (κ2) is 4.97. The predicted molar refractivity (Wildman–Crippen MR) is 67.3 cm³/mol. The number of aromatic amines is 1. The van der Waals surface area contributed by atoms with Gasteiger partial charge in [0.05, 0.1) is 18.2 Å². The molecule has 3 N–H and O–H groups in total. The van der Waals surface area contributed by atoms with Crippen LogP contribution in [0.25, 0.3) is 11.0 Å². The summed E-state index contributed by atoms with van der Waals surface area (Å²) >= 11 is 0. The van der Waals surface area contributed by atoms with E-state index >= 15 is 0 Å². The molecule has 0 aliphatic heterocycles. The number of nitrogen functional groups attached to an aromatic ring is 1. The summed E-state index contributed by atoms with van der Waals surface area (Å²) in [7, 11) is 1.28. The van der Waals surface area contributed by atoms with Crippen molar-refractivity contribution in [3.05, 3.63) is 23.5 Å². The molecule has 7 nitrogen and oxygen atoms in total. The molecule has 0 saturated heterocycles. The Bertz CT molecular complexity index is 648. The lowest BCUT2D eigenvalue weighted by molar-refractivity contribution is -0.142. The number of fused-ring (bicyclic) bond motifs is 1. The molecule has 1 heterocycles. The van der Waals surface area contributed by atoms with Crippen molar-refractivity contribution in [2.24, 2.45) is 0 Å². The molecule has 100 valence electrons. The zero-order valence-electron chi connectivity index (χ0n) is 10.5. The quantitative estimate of drug-likeness (QED) is 0.631. The molecule has 0 unspecified atom stereocenters. The van der Waals surface area contributed by atoms with Gasteiger partial charge in [0.25, 0.3) is 0 Å². The number of H-pyrrole nitrogens is 1. The highest BCUT2D eigenvalue weighted by Crippen LogP contribution is 2.21. The van der Waals surface area contributed by atoms with Gasteiger partial charge >= 0.3 is 11.9 Å². The van der Waals surface area contributed by atoms with Crippen LogP contribution < -0.4 is 5.73 Å². The molecule has 0 bridgehead atoms. The summed E-state index contributed by atoms with van der Waals surface area (Å²) in [5.74, 6) is -0.503. The molecule has 0 aliphatic carbocycles. The van der Waals surface area contributed by atoms with Gasteiger partial charge in [-0.1, -0.05) is 0 Å². The van der Waals surface area contributed by atoms with Crippen LogP contribution in [-0.4, -0.2) is 29.0 Å². The number of aromatic nitrogens is 2. The molecule has 0 spiro atoms. The van der Waals surface area contributed by atoms with E-state index in [2.05, 4.69) is 14.7 Å². The maximum absolute atomic E-state index is 11.6. The number of esters is 2. The minimum atomic E-state index is -0.525. The average molecular weight is 263 g/mol. The van der Waals surface area contributed by atoms with Crippen molar-refractivity contribution in [1.82, 2.24) is 9.97 Å². The topological polar surface area (TPSA) is 107 Å². The molecule has 1 aromatic carbocycles. The predicted octanol–water partition coefficient (Wildman–Crippen LogP) is 0.995. The monoisotopic (exact) mass is 263 g/mol. The van der Waals surface area contributed by atoms with Crippen LogP contribution in [-0.2, 0) is 20.9 Å². The summed E-state index contributed by atoms with van der Waals surface area (Å²) in [4.78, 5) is 29.5. The molecule has 0 atom stereocenters.